The highest BCUT2D eigenvalue weighted by atomic mass is 35.5. The van der Waals surface area contributed by atoms with E-state index in [1.54, 1.807) is 31.4 Å². The lowest BCUT2D eigenvalue weighted by molar-refractivity contribution is -0.137. The van der Waals surface area contributed by atoms with Crippen LogP contribution in [-0.2, 0) is 25.5 Å². The Morgan fingerprint density at radius 2 is 1.81 bits per heavy atom. The number of ether oxygens (including phenoxy) is 1. The smallest absolute Gasteiger partial charge is 0.255 e. The van der Waals surface area contributed by atoms with Crippen molar-refractivity contribution in [1.29, 1.82) is 0 Å². The van der Waals surface area contributed by atoms with Gasteiger partial charge in [0.2, 0.25) is 23.7 Å². The first kappa shape index (κ1) is 40.1. The number of hydrogen-bond donors (Lipinski definition) is 4. The van der Waals surface area contributed by atoms with Crippen molar-refractivity contribution in [2.45, 2.75) is 55.6 Å². The van der Waals surface area contributed by atoms with Gasteiger partial charge in [-0.15, -0.1) is 11.8 Å². The summed E-state index contributed by atoms with van der Waals surface area (Å²) in [4.78, 5) is 63.9. The molecule has 1 unspecified atom stereocenters. The zero-order valence-electron chi connectivity index (χ0n) is 31.8. The van der Waals surface area contributed by atoms with E-state index in [1.165, 1.54) is 18.0 Å². The van der Waals surface area contributed by atoms with Crippen LogP contribution in [0.2, 0.25) is 5.02 Å². The Kier molecular flexibility index (Phi) is 12.1. The second-order valence-electron chi connectivity index (χ2n) is 14.5. The Morgan fingerprint density at radius 3 is 2.56 bits per heavy atom. The number of aromatic nitrogens is 2. The molecule has 14 nitrogen and oxygen atoms in total. The number of hydrogen-bond acceptors (Lipinski definition) is 12. The highest BCUT2D eigenvalue weighted by Gasteiger charge is 2.40. The molecule has 4 amide bonds. The van der Waals surface area contributed by atoms with Gasteiger partial charge in [-0.2, -0.15) is 4.98 Å². The molecule has 4 N–H and O–H groups in total. The molecule has 3 aromatic carbocycles. The van der Waals surface area contributed by atoms with Gasteiger partial charge in [0.15, 0.2) is 5.82 Å². The minimum atomic E-state index is -2.56. The molecule has 4 heterocycles. The molecular weight excluding hydrogens is 787 g/mol. The number of para-hydroxylation sites is 1. The number of fused-ring (bicyclic) bond motifs is 1. The summed E-state index contributed by atoms with van der Waals surface area (Å²) < 4.78 is 18.6. The van der Waals surface area contributed by atoms with Crippen LogP contribution in [0.5, 0.6) is 5.75 Å². The topological polar surface area (TPSA) is 175 Å². The number of halogens is 1. The average Bonchev–Trinajstić information content (AvgIpc) is 3.52. The zero-order valence-corrected chi connectivity index (χ0v) is 34.3. The summed E-state index contributed by atoms with van der Waals surface area (Å²) in [7, 11) is -0.962. The molecule has 7 rings (SSSR count). The van der Waals surface area contributed by atoms with Crippen LogP contribution >= 0.6 is 30.5 Å². The van der Waals surface area contributed by atoms with Crippen LogP contribution in [0.1, 0.15) is 48.0 Å². The second kappa shape index (κ2) is 17.2. The summed E-state index contributed by atoms with van der Waals surface area (Å²) in [6.07, 6.45) is 3.92. The van der Waals surface area contributed by atoms with Crippen LogP contribution in [0, 0.1) is 0 Å². The first-order valence-electron chi connectivity index (χ1n) is 18.7. The molecule has 0 aliphatic carbocycles. The van der Waals surface area contributed by atoms with Crippen molar-refractivity contribution < 1.29 is 28.5 Å². The van der Waals surface area contributed by atoms with Crippen molar-refractivity contribution in [2.75, 3.05) is 54.8 Å². The number of carbonyl (C=O) groups is 4. The van der Waals surface area contributed by atoms with Crippen molar-refractivity contribution in [2.24, 2.45) is 0 Å². The van der Waals surface area contributed by atoms with Gasteiger partial charge in [0, 0.05) is 71.8 Å². The number of anilines is 5. The van der Waals surface area contributed by atoms with Gasteiger partial charge in [0.1, 0.15) is 24.0 Å². The number of carbonyl (C=O) groups excluding carboxylic acids is 4. The predicted octanol–water partition coefficient (Wildman–Crippen LogP) is 5.90. The molecule has 0 bridgehead atoms. The molecule has 0 spiro atoms. The van der Waals surface area contributed by atoms with E-state index in [9.17, 15) is 23.7 Å². The molecule has 2 fully saturated rings. The van der Waals surface area contributed by atoms with E-state index in [0.29, 0.717) is 69.9 Å². The fourth-order valence-corrected chi connectivity index (χ4v) is 9.64. The fraction of sp³-hybridized carbons (Fsp3) is 0.350. The maximum Gasteiger partial charge on any atom is 0.255 e. The Bertz CT molecular complexity index is 2260. The maximum absolute atomic E-state index is 13.2. The van der Waals surface area contributed by atoms with Gasteiger partial charge in [-0.1, -0.05) is 29.8 Å². The molecule has 3 aliphatic rings. The number of nitrogens with zero attached hydrogens (tertiary/aromatic N) is 4. The predicted molar refractivity (Wildman–Crippen MR) is 223 cm³/mol. The summed E-state index contributed by atoms with van der Waals surface area (Å²) in [5.41, 5.74) is 3.74. The van der Waals surface area contributed by atoms with Crippen LogP contribution in [0.15, 0.2) is 71.8 Å². The number of rotatable bonds is 13. The Morgan fingerprint density at radius 1 is 1.02 bits per heavy atom. The number of nitrogens with one attached hydrogen (secondary N) is 4. The third-order valence-corrected chi connectivity index (χ3v) is 13.2. The largest absolute Gasteiger partial charge is 0.494 e. The molecule has 1 atom stereocenters. The summed E-state index contributed by atoms with van der Waals surface area (Å²) in [6, 6.07) is 18.2. The molecule has 3 aliphatic heterocycles. The zero-order chi connectivity index (χ0) is 40.3. The summed E-state index contributed by atoms with van der Waals surface area (Å²) in [5, 5.41) is 13.0. The number of thioether (sulfide) groups is 1. The summed E-state index contributed by atoms with van der Waals surface area (Å²) in [6.45, 7) is 5.24. The number of imide groups is 1. The minimum absolute atomic E-state index is 0.0189. The van der Waals surface area contributed by atoms with Gasteiger partial charge in [-0.3, -0.25) is 24.5 Å². The lowest BCUT2D eigenvalue weighted by atomic mass is 10.0. The van der Waals surface area contributed by atoms with E-state index >= 15 is 0 Å². The summed E-state index contributed by atoms with van der Waals surface area (Å²) in [5.74, 6) is 0.841. The quantitative estimate of drug-likeness (QED) is 0.0715. The normalized spacial score (nSPS) is 17.3. The van der Waals surface area contributed by atoms with Crippen molar-refractivity contribution in [3.05, 3.63) is 83.0 Å². The van der Waals surface area contributed by atoms with Crippen molar-refractivity contribution in [3.8, 4) is 5.75 Å². The lowest BCUT2D eigenvalue weighted by Gasteiger charge is -2.34. The lowest BCUT2D eigenvalue weighted by Crippen LogP contribution is -2.52. The van der Waals surface area contributed by atoms with Crippen LogP contribution in [0.25, 0.3) is 0 Å². The minimum Gasteiger partial charge on any atom is -0.494 e. The second-order valence-corrected chi connectivity index (χ2v) is 19.2. The number of benzene rings is 3. The number of piperidine rings is 2. The van der Waals surface area contributed by atoms with E-state index in [1.807, 2.05) is 54.6 Å². The van der Waals surface area contributed by atoms with Crippen molar-refractivity contribution in [1.82, 2.24) is 25.5 Å². The molecule has 2 saturated heterocycles. The van der Waals surface area contributed by atoms with Crippen LogP contribution in [-0.4, -0.2) is 89.9 Å². The Balaban J connectivity index is 0.896. The Labute approximate surface area is 340 Å². The van der Waals surface area contributed by atoms with Crippen LogP contribution in [0.3, 0.4) is 0 Å². The molecule has 4 aromatic rings. The molecule has 57 heavy (non-hydrogen) atoms. The van der Waals surface area contributed by atoms with Gasteiger partial charge in [-0.25, -0.2) is 4.98 Å². The van der Waals surface area contributed by atoms with Crippen LogP contribution in [0.4, 0.5) is 28.8 Å². The average molecular weight is 831 g/mol. The van der Waals surface area contributed by atoms with Crippen molar-refractivity contribution >= 4 is 88.3 Å². The molecule has 1 aromatic heterocycles. The van der Waals surface area contributed by atoms with Crippen molar-refractivity contribution in [3.63, 3.8) is 0 Å². The van der Waals surface area contributed by atoms with Crippen LogP contribution < -0.4 is 36.2 Å². The van der Waals surface area contributed by atoms with E-state index in [2.05, 4.69) is 36.1 Å². The third-order valence-electron chi connectivity index (χ3n) is 10.3. The Hall–Kier alpha value is -5.11. The monoisotopic (exact) mass is 830 g/mol. The standard InChI is InChI=1S/C40H44ClN8O6PS/c1-55-32-21-25(11-12-29(32)45-40-42-22-28(41)37(47-40)44-30-8-4-5-9-33(30)56(2,3)54)48-18-15-24(16-19-48)43-36(51)17-20-57-34-10-6-7-26-27(34)23-49(39(26)53)31-13-14-35(50)46-38(31)52/h4-12,21-22,24,31H,13-20,23H2,1-3H3,(H,43,51)(H,46,50,52)(H2,42,44,45,47). The van der Waals surface area contributed by atoms with Gasteiger partial charge < -0.3 is 35.1 Å². The summed E-state index contributed by atoms with van der Waals surface area (Å²) >= 11 is 7.98. The fourth-order valence-electron chi connectivity index (χ4n) is 7.32. The highest BCUT2D eigenvalue weighted by molar-refractivity contribution is 7.99. The molecule has 17 heteroatoms. The first-order chi connectivity index (χ1) is 27.4. The highest BCUT2D eigenvalue weighted by Crippen LogP contribution is 2.39. The van der Waals surface area contributed by atoms with Gasteiger partial charge in [-0.05, 0) is 74.6 Å². The molecular formula is C40H44ClN8O6PS. The van der Waals surface area contributed by atoms with E-state index in [4.69, 9.17) is 16.3 Å². The van der Waals surface area contributed by atoms with E-state index < -0.39 is 19.1 Å². The van der Waals surface area contributed by atoms with Gasteiger partial charge >= 0.3 is 0 Å². The SMILES string of the molecule is COc1cc(N2CCC(NC(=O)CCSc3cccc4c3CN(C3CCC(=O)NC3=O)C4=O)CC2)ccc1Nc1ncc(Cl)c(Nc2ccccc2P(C)(C)=O)n1. The third kappa shape index (κ3) is 9.22. The molecule has 0 radical (unpaired) electrons. The van der Waals surface area contributed by atoms with E-state index in [-0.39, 0.29) is 30.2 Å². The maximum atomic E-state index is 13.2. The number of methoxy groups -OCH3 is 1. The molecule has 0 saturated carbocycles. The number of amides is 4. The van der Waals surface area contributed by atoms with Gasteiger partial charge in [0.05, 0.1) is 24.7 Å². The molecule has 298 valence electrons. The van der Waals surface area contributed by atoms with Gasteiger partial charge in [0.25, 0.3) is 5.91 Å². The first-order valence-corrected chi connectivity index (χ1v) is 22.7. The van der Waals surface area contributed by atoms with E-state index in [0.717, 1.165) is 42.1 Å².